The molecule has 2 aromatic carbocycles. The number of carbonyl (C=O) groups is 1. The molecule has 0 unspecified atom stereocenters. The van der Waals surface area contributed by atoms with E-state index in [-0.39, 0.29) is 18.1 Å². The van der Waals surface area contributed by atoms with E-state index in [1.165, 1.54) is 38.5 Å². The van der Waals surface area contributed by atoms with Crippen molar-refractivity contribution in [2.24, 2.45) is 0 Å². The number of hydrogen-bond acceptors (Lipinski definition) is 6. The summed E-state index contributed by atoms with van der Waals surface area (Å²) in [5.74, 6) is 0.410. The Morgan fingerprint density at radius 2 is 1.92 bits per heavy atom. The summed E-state index contributed by atoms with van der Waals surface area (Å²) in [7, 11) is 2.91. The van der Waals surface area contributed by atoms with E-state index in [0.717, 1.165) is 0 Å². The fraction of sp³-hybridized carbons (Fsp3) is 0.188. The van der Waals surface area contributed by atoms with E-state index in [9.17, 15) is 14.9 Å². The Kier molecular flexibility index (Phi) is 6.02. The zero-order chi connectivity index (χ0) is 18.4. The fourth-order valence-electron chi connectivity index (χ4n) is 2.06. The highest BCUT2D eigenvalue weighted by molar-refractivity contribution is 6.32. The lowest BCUT2D eigenvalue weighted by molar-refractivity contribution is -0.384. The molecule has 132 valence electrons. The first kappa shape index (κ1) is 18.3. The first-order valence-corrected chi connectivity index (χ1v) is 7.52. The van der Waals surface area contributed by atoms with E-state index in [0.29, 0.717) is 27.9 Å². The summed E-state index contributed by atoms with van der Waals surface area (Å²) in [6.07, 6.45) is 0. The maximum Gasteiger partial charge on any atom is 0.271 e. The lowest BCUT2D eigenvalue weighted by Gasteiger charge is -2.13. The topological polar surface area (TPSA) is 103 Å². The smallest absolute Gasteiger partial charge is 0.271 e. The van der Waals surface area contributed by atoms with Gasteiger partial charge in [0, 0.05) is 30.0 Å². The molecule has 0 radical (unpaired) electrons. The number of nitrogens with one attached hydrogen (secondary N) is 2. The first-order valence-electron chi connectivity index (χ1n) is 7.14. The van der Waals surface area contributed by atoms with Crippen LogP contribution in [0.2, 0.25) is 5.02 Å². The number of hydrogen-bond donors (Lipinski definition) is 2. The molecular formula is C16H16ClN3O5. The van der Waals surface area contributed by atoms with Gasteiger partial charge in [-0.05, 0) is 6.07 Å². The van der Waals surface area contributed by atoms with Gasteiger partial charge in [0.15, 0.2) is 0 Å². The molecule has 9 heteroatoms. The molecule has 25 heavy (non-hydrogen) atoms. The van der Waals surface area contributed by atoms with Crippen LogP contribution in [0.15, 0.2) is 36.4 Å². The number of anilines is 2. The third kappa shape index (κ3) is 4.74. The highest BCUT2D eigenvalue weighted by Gasteiger charge is 2.13. The van der Waals surface area contributed by atoms with Gasteiger partial charge < -0.3 is 20.1 Å². The summed E-state index contributed by atoms with van der Waals surface area (Å²) in [5.41, 5.74) is 0.800. The Morgan fingerprint density at radius 3 is 2.56 bits per heavy atom. The summed E-state index contributed by atoms with van der Waals surface area (Å²) in [6.45, 7) is -0.0880. The molecule has 0 fully saturated rings. The Labute approximate surface area is 148 Å². The van der Waals surface area contributed by atoms with Crippen LogP contribution in [-0.2, 0) is 4.79 Å². The van der Waals surface area contributed by atoms with Crippen LogP contribution in [0.3, 0.4) is 0 Å². The van der Waals surface area contributed by atoms with E-state index in [2.05, 4.69) is 10.6 Å². The van der Waals surface area contributed by atoms with Crippen LogP contribution < -0.4 is 20.1 Å². The summed E-state index contributed by atoms with van der Waals surface area (Å²) in [4.78, 5) is 22.4. The van der Waals surface area contributed by atoms with E-state index in [1.807, 2.05) is 0 Å². The van der Waals surface area contributed by atoms with Gasteiger partial charge in [-0.1, -0.05) is 17.7 Å². The average molecular weight is 366 g/mol. The third-order valence-corrected chi connectivity index (χ3v) is 3.55. The standard InChI is InChI=1S/C16H16ClN3O5/c1-24-14-8-13(15(25-2)7-12(14)17)19-16(21)9-18-10-4-3-5-11(6-10)20(22)23/h3-8,18H,9H2,1-2H3,(H,19,21). The van der Waals surface area contributed by atoms with Crippen molar-refractivity contribution in [3.8, 4) is 11.5 Å². The molecule has 0 bridgehead atoms. The number of non-ortho nitro benzene ring substituents is 1. The van der Waals surface area contributed by atoms with Crippen LogP contribution in [0.4, 0.5) is 17.1 Å². The predicted octanol–water partition coefficient (Wildman–Crippen LogP) is 3.32. The van der Waals surface area contributed by atoms with Gasteiger partial charge in [-0.2, -0.15) is 0 Å². The minimum absolute atomic E-state index is 0.0606. The number of nitrogens with zero attached hydrogens (tertiary/aromatic N) is 1. The summed E-state index contributed by atoms with van der Waals surface area (Å²) < 4.78 is 10.3. The molecule has 8 nitrogen and oxygen atoms in total. The van der Waals surface area contributed by atoms with Crippen molar-refractivity contribution in [2.45, 2.75) is 0 Å². The van der Waals surface area contributed by atoms with Crippen LogP contribution in [0.1, 0.15) is 0 Å². The highest BCUT2D eigenvalue weighted by Crippen LogP contribution is 2.35. The number of nitro benzene ring substituents is 1. The molecule has 0 aliphatic heterocycles. The molecule has 0 saturated heterocycles. The predicted molar refractivity (Wildman–Crippen MR) is 94.8 cm³/mol. The zero-order valence-corrected chi connectivity index (χ0v) is 14.3. The van der Waals surface area contributed by atoms with Crippen LogP contribution in [0.5, 0.6) is 11.5 Å². The molecule has 2 aromatic rings. The highest BCUT2D eigenvalue weighted by atomic mass is 35.5. The van der Waals surface area contributed by atoms with Crippen LogP contribution in [0, 0.1) is 10.1 Å². The van der Waals surface area contributed by atoms with Crippen LogP contribution in [0.25, 0.3) is 0 Å². The minimum Gasteiger partial charge on any atom is -0.495 e. The number of halogens is 1. The number of benzene rings is 2. The van der Waals surface area contributed by atoms with Gasteiger partial charge in [0.1, 0.15) is 11.5 Å². The minimum atomic E-state index is -0.504. The lowest BCUT2D eigenvalue weighted by Crippen LogP contribution is -2.22. The molecule has 0 aliphatic rings. The van der Waals surface area contributed by atoms with Crippen molar-refractivity contribution in [3.63, 3.8) is 0 Å². The van der Waals surface area contributed by atoms with Crippen molar-refractivity contribution in [3.05, 3.63) is 51.5 Å². The van der Waals surface area contributed by atoms with E-state index in [4.69, 9.17) is 21.1 Å². The second-order valence-corrected chi connectivity index (χ2v) is 5.30. The van der Waals surface area contributed by atoms with Gasteiger partial charge in [-0.15, -0.1) is 0 Å². The molecule has 2 rings (SSSR count). The number of amides is 1. The Hall–Kier alpha value is -3.00. The van der Waals surface area contributed by atoms with E-state index >= 15 is 0 Å². The van der Waals surface area contributed by atoms with Gasteiger partial charge in [0.2, 0.25) is 5.91 Å². The molecule has 0 spiro atoms. The molecule has 1 amide bonds. The lowest BCUT2D eigenvalue weighted by atomic mass is 10.2. The van der Waals surface area contributed by atoms with Crippen LogP contribution >= 0.6 is 11.6 Å². The van der Waals surface area contributed by atoms with E-state index < -0.39 is 4.92 Å². The fourth-order valence-corrected chi connectivity index (χ4v) is 2.30. The summed E-state index contributed by atoms with van der Waals surface area (Å²) in [5, 5.41) is 16.6. The maximum absolute atomic E-state index is 12.1. The van der Waals surface area contributed by atoms with Crippen molar-refractivity contribution in [1.29, 1.82) is 0 Å². The monoisotopic (exact) mass is 365 g/mol. The Morgan fingerprint density at radius 1 is 1.20 bits per heavy atom. The molecule has 2 N–H and O–H groups in total. The van der Waals surface area contributed by atoms with Gasteiger partial charge >= 0.3 is 0 Å². The Balaban J connectivity index is 2.05. The number of ether oxygens (including phenoxy) is 2. The quantitative estimate of drug-likeness (QED) is 0.576. The summed E-state index contributed by atoms with van der Waals surface area (Å²) >= 11 is 6.01. The molecule has 0 aliphatic carbocycles. The molecule has 0 atom stereocenters. The van der Waals surface area contributed by atoms with Gasteiger partial charge in [0.05, 0.1) is 36.4 Å². The third-order valence-electron chi connectivity index (χ3n) is 3.26. The molecule has 0 aromatic heterocycles. The second kappa shape index (κ2) is 8.20. The molecule has 0 heterocycles. The van der Waals surface area contributed by atoms with Gasteiger partial charge in [-0.3, -0.25) is 14.9 Å². The number of carbonyl (C=O) groups excluding carboxylic acids is 1. The number of nitro groups is 1. The zero-order valence-electron chi connectivity index (χ0n) is 13.5. The Bertz CT molecular complexity index is 797. The van der Waals surface area contributed by atoms with Crippen molar-refractivity contribution in [1.82, 2.24) is 0 Å². The first-order chi connectivity index (χ1) is 11.9. The SMILES string of the molecule is COc1cc(NC(=O)CNc2cccc([N+](=O)[O-])c2)c(OC)cc1Cl. The van der Waals surface area contributed by atoms with Gasteiger partial charge in [-0.25, -0.2) is 0 Å². The average Bonchev–Trinajstić information content (AvgIpc) is 2.61. The largest absolute Gasteiger partial charge is 0.495 e. The number of methoxy groups -OCH3 is 2. The normalized spacial score (nSPS) is 10.0. The second-order valence-electron chi connectivity index (χ2n) is 4.90. The molecular weight excluding hydrogens is 350 g/mol. The summed E-state index contributed by atoms with van der Waals surface area (Å²) in [6, 6.07) is 8.96. The van der Waals surface area contributed by atoms with E-state index in [1.54, 1.807) is 12.1 Å². The maximum atomic E-state index is 12.1. The van der Waals surface area contributed by atoms with Gasteiger partial charge in [0.25, 0.3) is 5.69 Å². The number of rotatable bonds is 7. The van der Waals surface area contributed by atoms with Crippen LogP contribution in [-0.4, -0.2) is 31.6 Å². The van der Waals surface area contributed by atoms with Crippen molar-refractivity contribution < 1.29 is 19.2 Å². The van der Waals surface area contributed by atoms with Crippen molar-refractivity contribution >= 4 is 34.6 Å². The molecule has 0 saturated carbocycles. The van der Waals surface area contributed by atoms with Crippen molar-refractivity contribution in [2.75, 3.05) is 31.4 Å².